The maximum Gasteiger partial charge on any atom is 0.306 e. The van der Waals surface area contributed by atoms with Gasteiger partial charge in [-0.25, -0.2) is 0 Å². The van der Waals surface area contributed by atoms with Gasteiger partial charge in [-0.3, -0.25) is 9.59 Å². The van der Waals surface area contributed by atoms with Crippen LogP contribution in [0.15, 0.2) is 36.4 Å². The number of ketones is 1. The van der Waals surface area contributed by atoms with Crippen LogP contribution in [0.3, 0.4) is 0 Å². The normalized spacial score (nSPS) is 21.5. The fourth-order valence-electron chi connectivity index (χ4n) is 3.57. The minimum absolute atomic E-state index is 0.0308. The van der Waals surface area contributed by atoms with Gasteiger partial charge in [0.25, 0.3) is 0 Å². The highest BCUT2D eigenvalue weighted by atomic mass is 28.4. The molecule has 0 unspecified atom stereocenters. The number of hydrogen-bond donors (Lipinski definition) is 0. The van der Waals surface area contributed by atoms with Gasteiger partial charge in [0.15, 0.2) is 8.32 Å². The fourth-order valence-corrected chi connectivity index (χ4v) is 4.83. The van der Waals surface area contributed by atoms with E-state index < -0.39 is 8.32 Å². The Bertz CT molecular complexity index is 718. The number of esters is 1. The summed E-state index contributed by atoms with van der Waals surface area (Å²) in [6.07, 6.45) is 5.24. The number of rotatable bonds is 8. The lowest BCUT2D eigenvalue weighted by Crippen LogP contribution is -2.47. The van der Waals surface area contributed by atoms with Gasteiger partial charge in [-0.15, -0.1) is 0 Å². The number of benzene rings is 1. The quantitative estimate of drug-likeness (QED) is 0.406. The van der Waals surface area contributed by atoms with E-state index in [0.29, 0.717) is 13.0 Å². The second-order valence-corrected chi connectivity index (χ2v) is 14.2. The molecule has 160 valence electrons. The van der Waals surface area contributed by atoms with Gasteiger partial charge in [-0.2, -0.15) is 0 Å². The molecule has 3 atom stereocenters. The SMILES string of the molecule is CCOC(=O)C[C@H]1CCC(=O)[C@@H]1[C@@H](/C=C/c1ccccc1)O[Si](C)(C)C(C)(C)C. The van der Waals surface area contributed by atoms with Crippen LogP contribution in [0, 0.1) is 11.8 Å². The molecule has 4 nitrogen and oxygen atoms in total. The predicted molar refractivity (Wildman–Crippen MR) is 120 cm³/mol. The number of Topliss-reactive ketones (excluding diaryl/α,β-unsaturated/α-hetero) is 1. The Labute approximate surface area is 176 Å². The molecule has 0 aliphatic heterocycles. The molecule has 5 heteroatoms. The third kappa shape index (κ3) is 6.38. The summed E-state index contributed by atoms with van der Waals surface area (Å²) >= 11 is 0. The third-order valence-electron chi connectivity index (χ3n) is 6.24. The Kier molecular flexibility index (Phi) is 8.00. The highest BCUT2D eigenvalue weighted by Gasteiger charge is 2.45. The van der Waals surface area contributed by atoms with Crippen LogP contribution in [-0.2, 0) is 18.8 Å². The highest BCUT2D eigenvalue weighted by molar-refractivity contribution is 6.74. The van der Waals surface area contributed by atoms with E-state index in [1.54, 1.807) is 6.92 Å². The molecule has 1 fully saturated rings. The van der Waals surface area contributed by atoms with E-state index in [2.05, 4.69) is 33.9 Å². The third-order valence-corrected chi connectivity index (χ3v) is 10.7. The molecule has 0 saturated heterocycles. The average molecular weight is 417 g/mol. The minimum atomic E-state index is -2.11. The first kappa shape index (κ1) is 23.6. The van der Waals surface area contributed by atoms with Gasteiger partial charge in [0.05, 0.1) is 12.7 Å². The van der Waals surface area contributed by atoms with E-state index in [0.717, 1.165) is 12.0 Å². The molecule has 0 heterocycles. The van der Waals surface area contributed by atoms with Crippen molar-refractivity contribution in [3.8, 4) is 0 Å². The molecule has 0 spiro atoms. The first-order valence-corrected chi connectivity index (χ1v) is 13.6. The van der Waals surface area contributed by atoms with Crippen molar-refractivity contribution in [1.29, 1.82) is 0 Å². The van der Waals surface area contributed by atoms with Gasteiger partial charge < -0.3 is 9.16 Å². The molecule has 0 N–H and O–H groups in total. The van der Waals surface area contributed by atoms with Crippen molar-refractivity contribution >= 4 is 26.1 Å². The molecule has 1 saturated carbocycles. The zero-order valence-electron chi connectivity index (χ0n) is 18.7. The second-order valence-electron chi connectivity index (χ2n) is 9.41. The van der Waals surface area contributed by atoms with E-state index in [1.165, 1.54) is 0 Å². The molecule has 0 aromatic heterocycles. The summed E-state index contributed by atoms with van der Waals surface area (Å²) in [6.45, 7) is 13.2. The zero-order valence-corrected chi connectivity index (χ0v) is 19.7. The molecular weight excluding hydrogens is 380 g/mol. The van der Waals surface area contributed by atoms with Crippen LogP contribution >= 0.6 is 0 Å². The molecule has 1 aliphatic rings. The average Bonchev–Trinajstić information content (AvgIpc) is 2.99. The summed E-state index contributed by atoms with van der Waals surface area (Å²) < 4.78 is 11.9. The summed E-state index contributed by atoms with van der Waals surface area (Å²) in [5.41, 5.74) is 1.07. The van der Waals surface area contributed by atoms with Crippen molar-refractivity contribution in [1.82, 2.24) is 0 Å². The van der Waals surface area contributed by atoms with Crippen LogP contribution in [0.2, 0.25) is 18.1 Å². The molecule has 0 bridgehead atoms. The fraction of sp³-hybridized carbons (Fsp3) is 0.583. The van der Waals surface area contributed by atoms with Gasteiger partial charge in [0.2, 0.25) is 0 Å². The number of carbonyl (C=O) groups is 2. The lowest BCUT2D eigenvalue weighted by Gasteiger charge is -2.40. The summed E-state index contributed by atoms with van der Waals surface area (Å²) in [7, 11) is -2.11. The first-order chi connectivity index (χ1) is 13.5. The summed E-state index contributed by atoms with van der Waals surface area (Å²) in [4.78, 5) is 25.0. The van der Waals surface area contributed by atoms with Crippen molar-refractivity contribution < 1.29 is 18.8 Å². The van der Waals surface area contributed by atoms with E-state index in [9.17, 15) is 9.59 Å². The Balaban J connectivity index is 2.32. The monoisotopic (exact) mass is 416 g/mol. The van der Waals surface area contributed by atoms with Crippen molar-refractivity contribution in [2.45, 2.75) is 71.2 Å². The van der Waals surface area contributed by atoms with Gasteiger partial charge in [0.1, 0.15) is 5.78 Å². The Morgan fingerprint density at radius 1 is 1.24 bits per heavy atom. The molecule has 1 aromatic rings. The molecule has 0 amide bonds. The molecule has 0 radical (unpaired) electrons. The minimum Gasteiger partial charge on any atom is -0.466 e. The summed E-state index contributed by atoms with van der Waals surface area (Å²) in [5, 5.41) is 0.0319. The lowest BCUT2D eigenvalue weighted by atomic mass is 9.87. The van der Waals surface area contributed by atoms with E-state index in [1.807, 2.05) is 42.5 Å². The molecular formula is C24H36O4Si. The molecule has 2 rings (SSSR count). The number of ether oxygens (including phenoxy) is 1. The van der Waals surface area contributed by atoms with Gasteiger partial charge >= 0.3 is 5.97 Å². The van der Waals surface area contributed by atoms with Crippen molar-refractivity contribution in [2.24, 2.45) is 11.8 Å². The largest absolute Gasteiger partial charge is 0.466 e. The van der Waals surface area contributed by atoms with Crippen LogP contribution in [0.25, 0.3) is 6.08 Å². The Morgan fingerprint density at radius 2 is 1.90 bits per heavy atom. The Morgan fingerprint density at radius 3 is 2.48 bits per heavy atom. The molecule has 1 aliphatic carbocycles. The highest BCUT2D eigenvalue weighted by Crippen LogP contribution is 2.42. The standard InChI is InChI=1S/C24H36O4Si/c1-7-27-22(26)17-19-14-15-20(25)23(19)21(28-29(5,6)24(2,3)4)16-13-18-11-9-8-10-12-18/h8-13,16,19,21,23H,7,14-15,17H2,1-6H3/b16-13+/t19-,21-,23-/m1/s1. The maximum absolute atomic E-state index is 12.9. The van der Waals surface area contributed by atoms with Crippen LogP contribution in [0.1, 0.15) is 52.5 Å². The lowest BCUT2D eigenvalue weighted by molar-refractivity contribution is -0.144. The molecule has 1 aromatic carbocycles. The van der Waals surface area contributed by atoms with Gasteiger partial charge in [-0.05, 0) is 43.0 Å². The predicted octanol–water partition coefficient (Wildman–Crippen LogP) is 5.64. The topological polar surface area (TPSA) is 52.6 Å². The van der Waals surface area contributed by atoms with E-state index >= 15 is 0 Å². The Hall–Kier alpha value is -1.72. The van der Waals surface area contributed by atoms with Crippen LogP contribution in [0.5, 0.6) is 0 Å². The van der Waals surface area contributed by atoms with Crippen molar-refractivity contribution in [3.63, 3.8) is 0 Å². The zero-order chi connectivity index (χ0) is 21.7. The van der Waals surface area contributed by atoms with Crippen molar-refractivity contribution in [3.05, 3.63) is 42.0 Å². The van der Waals surface area contributed by atoms with Crippen LogP contribution in [0.4, 0.5) is 0 Å². The van der Waals surface area contributed by atoms with Crippen molar-refractivity contribution in [2.75, 3.05) is 6.61 Å². The van der Waals surface area contributed by atoms with Gasteiger partial charge in [-0.1, -0.05) is 63.3 Å². The smallest absolute Gasteiger partial charge is 0.306 e. The van der Waals surface area contributed by atoms with E-state index in [4.69, 9.17) is 9.16 Å². The van der Waals surface area contributed by atoms with Crippen LogP contribution < -0.4 is 0 Å². The number of carbonyl (C=O) groups excluding carboxylic acids is 2. The van der Waals surface area contributed by atoms with Crippen LogP contribution in [-0.4, -0.2) is 32.8 Å². The van der Waals surface area contributed by atoms with Gasteiger partial charge in [0, 0.05) is 18.8 Å². The first-order valence-electron chi connectivity index (χ1n) is 10.6. The van der Waals surface area contributed by atoms with E-state index in [-0.39, 0.29) is 41.2 Å². The number of hydrogen-bond acceptors (Lipinski definition) is 4. The summed E-state index contributed by atoms with van der Waals surface area (Å²) in [6, 6.07) is 10.0. The maximum atomic E-state index is 12.9. The molecule has 29 heavy (non-hydrogen) atoms. The summed E-state index contributed by atoms with van der Waals surface area (Å²) in [5.74, 6) is -0.360. The second kappa shape index (κ2) is 9.85.